The Morgan fingerprint density at radius 3 is 2.00 bits per heavy atom. The molecule has 9 heavy (non-hydrogen) atoms. The van der Waals surface area contributed by atoms with Crippen molar-refractivity contribution in [3.05, 3.63) is 12.2 Å². The van der Waals surface area contributed by atoms with E-state index in [1.54, 1.807) is 0 Å². The number of ketones is 2. The first-order chi connectivity index (χ1) is 4.29. The maximum Gasteiger partial charge on any atom is 0.169 e. The first-order valence-electron chi connectivity index (χ1n) is 2.73. The molecule has 0 aromatic heterocycles. The summed E-state index contributed by atoms with van der Waals surface area (Å²) in [5.74, 6) is -0.0818. The summed E-state index contributed by atoms with van der Waals surface area (Å²) in [6.45, 7) is 0.560. The highest BCUT2D eigenvalue weighted by atomic mass is 16.1. The Bertz CT molecular complexity index is 154. The van der Waals surface area contributed by atoms with Gasteiger partial charge in [-0.15, -0.1) is 0 Å². The molecule has 48 valence electrons. The molecular weight excluding hydrogens is 118 g/mol. The third-order valence-electron chi connectivity index (χ3n) is 1.05. The molecule has 1 N–H and O–H groups in total. The van der Waals surface area contributed by atoms with Gasteiger partial charge in [0.05, 0.1) is 13.1 Å². The van der Waals surface area contributed by atoms with E-state index >= 15 is 0 Å². The van der Waals surface area contributed by atoms with Gasteiger partial charge in [0.25, 0.3) is 0 Å². The van der Waals surface area contributed by atoms with Crippen molar-refractivity contribution < 1.29 is 9.59 Å². The third-order valence-corrected chi connectivity index (χ3v) is 1.05. The fraction of sp³-hybridized carbons (Fsp3) is 0.333. The Morgan fingerprint density at radius 2 is 1.56 bits per heavy atom. The van der Waals surface area contributed by atoms with Gasteiger partial charge in [0, 0.05) is 0 Å². The molecule has 0 aromatic carbocycles. The largest absolute Gasteiger partial charge is 0.303 e. The number of carbonyl (C=O) groups is 2. The van der Waals surface area contributed by atoms with E-state index in [9.17, 15) is 9.59 Å². The van der Waals surface area contributed by atoms with Crippen molar-refractivity contribution in [2.24, 2.45) is 0 Å². The van der Waals surface area contributed by atoms with Crippen LogP contribution in [0.15, 0.2) is 12.2 Å². The molecule has 0 aromatic rings. The van der Waals surface area contributed by atoms with E-state index < -0.39 is 0 Å². The number of hydrogen-bond acceptors (Lipinski definition) is 3. The van der Waals surface area contributed by atoms with Crippen molar-refractivity contribution in [2.75, 3.05) is 13.1 Å². The van der Waals surface area contributed by atoms with Crippen molar-refractivity contribution in [3.63, 3.8) is 0 Å². The lowest BCUT2D eigenvalue weighted by atomic mass is 10.3. The monoisotopic (exact) mass is 125 g/mol. The molecule has 1 heterocycles. The van der Waals surface area contributed by atoms with Gasteiger partial charge >= 0.3 is 0 Å². The third kappa shape index (κ3) is 1.77. The number of carbonyl (C=O) groups excluding carboxylic acids is 2. The van der Waals surface area contributed by atoms with Gasteiger partial charge in [-0.05, 0) is 12.2 Å². The Kier molecular flexibility index (Phi) is 1.75. The Morgan fingerprint density at radius 1 is 1.11 bits per heavy atom. The van der Waals surface area contributed by atoms with Gasteiger partial charge in [-0.2, -0.15) is 0 Å². The van der Waals surface area contributed by atoms with Crippen molar-refractivity contribution in [3.8, 4) is 0 Å². The van der Waals surface area contributed by atoms with Crippen LogP contribution < -0.4 is 5.32 Å². The summed E-state index contributed by atoms with van der Waals surface area (Å²) in [4.78, 5) is 21.1. The molecule has 0 saturated carbocycles. The molecule has 0 atom stereocenters. The van der Waals surface area contributed by atoms with E-state index in [0.29, 0.717) is 0 Å². The number of hydrogen-bond donors (Lipinski definition) is 1. The highest BCUT2D eigenvalue weighted by molar-refractivity contribution is 6.02. The standard InChI is InChI=1S/C6H7NO2/c8-5-1-2-6(9)4-7-3-5/h1-2,7H,3-4H2. The van der Waals surface area contributed by atoms with Crippen LogP contribution in [0.5, 0.6) is 0 Å². The predicted octanol–water partition coefficient (Wildman–Crippen LogP) is -0.716. The minimum atomic E-state index is -0.0409. The fourth-order valence-corrected chi connectivity index (χ4v) is 0.613. The second-order valence-electron chi connectivity index (χ2n) is 1.87. The van der Waals surface area contributed by atoms with E-state index in [0.717, 1.165) is 0 Å². The SMILES string of the molecule is O=C1C=CC(=O)CNC1. The molecule has 0 bridgehead atoms. The van der Waals surface area contributed by atoms with Gasteiger partial charge in [0.15, 0.2) is 11.6 Å². The van der Waals surface area contributed by atoms with E-state index in [1.165, 1.54) is 12.2 Å². The average Bonchev–Trinajstić information content (AvgIpc) is 1.97. The zero-order valence-corrected chi connectivity index (χ0v) is 4.89. The van der Waals surface area contributed by atoms with Crippen molar-refractivity contribution in [2.45, 2.75) is 0 Å². The molecule has 1 aliphatic heterocycles. The average molecular weight is 125 g/mol. The van der Waals surface area contributed by atoms with Gasteiger partial charge < -0.3 is 5.32 Å². The Labute approximate surface area is 52.7 Å². The summed E-state index contributed by atoms with van der Waals surface area (Å²) >= 11 is 0. The van der Waals surface area contributed by atoms with Crippen LogP contribution in [0.4, 0.5) is 0 Å². The molecule has 3 nitrogen and oxygen atoms in total. The van der Waals surface area contributed by atoms with Crippen LogP contribution in [0.1, 0.15) is 0 Å². The van der Waals surface area contributed by atoms with Gasteiger partial charge in [-0.3, -0.25) is 9.59 Å². The van der Waals surface area contributed by atoms with Gasteiger partial charge in [0.2, 0.25) is 0 Å². The van der Waals surface area contributed by atoms with Gasteiger partial charge in [-0.1, -0.05) is 0 Å². The summed E-state index contributed by atoms with van der Waals surface area (Å²) in [6, 6.07) is 0. The topological polar surface area (TPSA) is 46.2 Å². The molecule has 0 saturated heterocycles. The van der Waals surface area contributed by atoms with Crippen LogP contribution in [0.2, 0.25) is 0 Å². The zero-order valence-electron chi connectivity index (χ0n) is 4.89. The Hall–Kier alpha value is -0.960. The molecular formula is C6H7NO2. The van der Waals surface area contributed by atoms with Crippen LogP contribution in [-0.2, 0) is 9.59 Å². The van der Waals surface area contributed by atoms with E-state index in [4.69, 9.17) is 0 Å². The second kappa shape index (κ2) is 2.55. The lowest BCUT2D eigenvalue weighted by Crippen LogP contribution is -2.23. The Balaban J connectivity index is 2.63. The lowest BCUT2D eigenvalue weighted by molar-refractivity contribution is -0.114. The summed E-state index contributed by atoms with van der Waals surface area (Å²) in [5, 5.41) is 2.69. The fourth-order valence-electron chi connectivity index (χ4n) is 0.613. The van der Waals surface area contributed by atoms with Crippen LogP contribution in [0.25, 0.3) is 0 Å². The first-order valence-corrected chi connectivity index (χ1v) is 2.73. The highest BCUT2D eigenvalue weighted by Gasteiger charge is 2.04. The summed E-state index contributed by atoms with van der Waals surface area (Å²) in [5.41, 5.74) is 0. The smallest absolute Gasteiger partial charge is 0.169 e. The minimum absolute atomic E-state index is 0.0409. The van der Waals surface area contributed by atoms with Gasteiger partial charge in [0.1, 0.15) is 0 Å². The minimum Gasteiger partial charge on any atom is -0.303 e. The maximum atomic E-state index is 10.5. The zero-order chi connectivity index (χ0) is 6.69. The molecule has 0 aliphatic carbocycles. The van der Waals surface area contributed by atoms with Crippen molar-refractivity contribution in [1.29, 1.82) is 0 Å². The quantitative estimate of drug-likeness (QED) is 0.465. The van der Waals surface area contributed by atoms with E-state index in [2.05, 4.69) is 5.32 Å². The maximum absolute atomic E-state index is 10.5. The normalized spacial score (nSPS) is 20.0. The molecule has 0 radical (unpaired) electrons. The van der Waals surface area contributed by atoms with Crippen molar-refractivity contribution >= 4 is 11.6 Å². The molecule has 1 aliphatic rings. The lowest BCUT2D eigenvalue weighted by Gasteiger charge is -1.91. The second-order valence-corrected chi connectivity index (χ2v) is 1.87. The van der Waals surface area contributed by atoms with Gasteiger partial charge in [-0.25, -0.2) is 0 Å². The van der Waals surface area contributed by atoms with E-state index in [1.807, 2.05) is 0 Å². The number of rotatable bonds is 0. The molecule has 0 fully saturated rings. The molecule has 1 rings (SSSR count). The number of nitrogens with one attached hydrogen (secondary N) is 1. The highest BCUT2D eigenvalue weighted by Crippen LogP contribution is 1.83. The van der Waals surface area contributed by atoms with Crippen LogP contribution in [0.3, 0.4) is 0 Å². The van der Waals surface area contributed by atoms with Crippen LogP contribution >= 0.6 is 0 Å². The molecule has 0 unspecified atom stereocenters. The van der Waals surface area contributed by atoms with Crippen LogP contribution in [-0.4, -0.2) is 24.7 Å². The van der Waals surface area contributed by atoms with Crippen LogP contribution in [0, 0.1) is 0 Å². The summed E-state index contributed by atoms with van der Waals surface area (Å²) < 4.78 is 0. The molecule has 0 amide bonds. The van der Waals surface area contributed by atoms with E-state index in [-0.39, 0.29) is 24.7 Å². The molecule has 0 spiro atoms. The summed E-state index contributed by atoms with van der Waals surface area (Å²) in [7, 11) is 0. The summed E-state index contributed by atoms with van der Waals surface area (Å²) in [6.07, 6.45) is 2.62. The predicted molar refractivity (Wildman–Crippen MR) is 32.0 cm³/mol. The first kappa shape index (κ1) is 6.16. The van der Waals surface area contributed by atoms with Crippen molar-refractivity contribution in [1.82, 2.24) is 5.32 Å². The molecule has 3 heteroatoms.